The van der Waals surface area contributed by atoms with Crippen molar-refractivity contribution in [3.8, 4) is 11.6 Å². The normalized spacial score (nSPS) is 30.7. The first kappa shape index (κ1) is 25.0. The van der Waals surface area contributed by atoms with Gasteiger partial charge in [0, 0.05) is 36.6 Å². The van der Waals surface area contributed by atoms with E-state index in [2.05, 4.69) is 4.72 Å². The number of carbonyl (C=O) groups excluding carboxylic acids is 1. The lowest BCUT2D eigenvalue weighted by atomic mass is 9.85. The summed E-state index contributed by atoms with van der Waals surface area (Å²) in [6.45, 7) is 2.69. The zero-order chi connectivity index (χ0) is 24.3. The molecule has 10 nitrogen and oxygen atoms in total. The second-order valence-corrected chi connectivity index (χ2v) is 11.2. The Hall–Kier alpha value is -2.11. The van der Waals surface area contributed by atoms with E-state index in [4.69, 9.17) is 23.9 Å². The highest BCUT2D eigenvalue weighted by Crippen LogP contribution is 2.36. The van der Waals surface area contributed by atoms with Crippen molar-refractivity contribution in [2.45, 2.75) is 75.6 Å². The molecule has 4 bridgehead atoms. The molecule has 0 radical (unpaired) electrons. The van der Waals surface area contributed by atoms with E-state index in [0.29, 0.717) is 37.0 Å². The smallest absolute Gasteiger partial charge is 0.410 e. The van der Waals surface area contributed by atoms with Gasteiger partial charge in [-0.1, -0.05) is 0 Å². The molecule has 11 heteroatoms. The fraction of sp³-hybridized carbons (Fsp3) is 0.739. The van der Waals surface area contributed by atoms with Crippen molar-refractivity contribution < 1.29 is 32.2 Å². The predicted molar refractivity (Wildman–Crippen MR) is 125 cm³/mol. The van der Waals surface area contributed by atoms with Gasteiger partial charge in [-0.05, 0) is 39.0 Å². The summed E-state index contributed by atoms with van der Waals surface area (Å²) in [6, 6.07) is 2.71. The summed E-state index contributed by atoms with van der Waals surface area (Å²) in [6.07, 6.45) is 5.28. The Morgan fingerprint density at radius 1 is 1.15 bits per heavy atom. The quantitative estimate of drug-likeness (QED) is 0.677. The number of hydrogen-bond acceptors (Lipinski definition) is 8. The average Bonchev–Trinajstić information content (AvgIpc) is 3.09. The highest BCUT2D eigenvalue weighted by Gasteiger charge is 2.44. The predicted octanol–water partition coefficient (Wildman–Crippen LogP) is 2.43. The Morgan fingerprint density at radius 2 is 1.88 bits per heavy atom. The monoisotopic (exact) mass is 497 g/mol. The third kappa shape index (κ3) is 6.11. The van der Waals surface area contributed by atoms with Gasteiger partial charge in [0.25, 0.3) is 0 Å². The van der Waals surface area contributed by atoms with E-state index >= 15 is 0 Å². The number of hydrogen-bond donors (Lipinski definition) is 1. The molecule has 0 unspecified atom stereocenters. The maximum Gasteiger partial charge on any atom is 0.410 e. The van der Waals surface area contributed by atoms with E-state index < -0.39 is 28.2 Å². The number of aromatic nitrogens is 1. The minimum Gasteiger partial charge on any atom is -0.496 e. The Kier molecular flexibility index (Phi) is 7.83. The maximum atomic E-state index is 13.0. The van der Waals surface area contributed by atoms with E-state index in [1.165, 1.54) is 0 Å². The second kappa shape index (κ2) is 10.7. The summed E-state index contributed by atoms with van der Waals surface area (Å²) >= 11 is 0. The number of fused-ring (bicyclic) bond motifs is 8. The highest BCUT2D eigenvalue weighted by molar-refractivity contribution is 7.88. The van der Waals surface area contributed by atoms with E-state index in [0.717, 1.165) is 37.6 Å². The van der Waals surface area contributed by atoms with Gasteiger partial charge in [-0.25, -0.2) is 22.9 Å². The third-order valence-corrected chi connectivity index (χ3v) is 7.59. The van der Waals surface area contributed by atoms with Crippen LogP contribution in [0.3, 0.4) is 0 Å². The van der Waals surface area contributed by atoms with Crippen LogP contribution in [0.25, 0.3) is 0 Å². The molecular formula is C23H35N3O7S. The van der Waals surface area contributed by atoms with Crippen molar-refractivity contribution >= 4 is 16.1 Å². The summed E-state index contributed by atoms with van der Waals surface area (Å²) in [5.41, 5.74) is 0.955. The van der Waals surface area contributed by atoms with Gasteiger partial charge in [0.1, 0.15) is 5.75 Å². The number of pyridine rings is 1. The van der Waals surface area contributed by atoms with Crippen molar-refractivity contribution in [3.05, 3.63) is 17.8 Å². The molecule has 1 saturated heterocycles. The van der Waals surface area contributed by atoms with Crippen LogP contribution in [0.15, 0.2) is 12.1 Å². The highest BCUT2D eigenvalue weighted by atomic mass is 32.2. The van der Waals surface area contributed by atoms with Crippen molar-refractivity contribution in [1.29, 1.82) is 0 Å². The van der Waals surface area contributed by atoms with E-state index in [1.54, 1.807) is 18.1 Å². The lowest BCUT2D eigenvalue weighted by molar-refractivity contribution is -0.0107. The molecule has 4 heterocycles. The molecule has 1 aromatic heterocycles. The van der Waals surface area contributed by atoms with Crippen molar-refractivity contribution in [3.63, 3.8) is 0 Å². The SMILES string of the molecule is COc1cc2nc(c1)C1CCC(CC1)OC[C@H]1[C@@H](NS(C)(=O)=O)C[C@@H](C)N1C(=O)OCCCO2. The molecule has 0 aromatic carbocycles. The maximum absolute atomic E-state index is 13.0. The first-order valence-electron chi connectivity index (χ1n) is 12.0. The Morgan fingerprint density at radius 3 is 2.59 bits per heavy atom. The molecule has 3 aliphatic heterocycles. The summed E-state index contributed by atoms with van der Waals surface area (Å²) in [7, 11) is -1.81. The van der Waals surface area contributed by atoms with Crippen LogP contribution in [0.1, 0.15) is 57.1 Å². The number of carbonyl (C=O) groups is 1. The fourth-order valence-corrected chi connectivity index (χ4v) is 6.01. The number of ether oxygens (including phenoxy) is 4. The van der Waals surface area contributed by atoms with E-state index in [1.807, 2.05) is 13.0 Å². The zero-order valence-electron chi connectivity index (χ0n) is 20.1. The van der Waals surface area contributed by atoms with Crippen molar-refractivity contribution in [2.75, 3.05) is 33.2 Å². The lowest BCUT2D eigenvalue weighted by Gasteiger charge is -2.33. The van der Waals surface area contributed by atoms with Crippen LogP contribution in [0.4, 0.5) is 4.79 Å². The zero-order valence-corrected chi connectivity index (χ0v) is 20.9. The Bertz CT molecular complexity index is 965. The van der Waals surface area contributed by atoms with Gasteiger partial charge in [-0.2, -0.15) is 0 Å². The average molecular weight is 498 g/mol. The minimum atomic E-state index is -3.43. The van der Waals surface area contributed by atoms with Gasteiger partial charge in [0.15, 0.2) is 0 Å². The number of nitrogens with one attached hydrogen (secondary N) is 1. The molecule has 2 fully saturated rings. The van der Waals surface area contributed by atoms with Crippen molar-refractivity contribution in [2.24, 2.45) is 0 Å². The number of rotatable bonds is 3. The molecular weight excluding hydrogens is 462 g/mol. The van der Waals surface area contributed by atoms with Crippen LogP contribution >= 0.6 is 0 Å². The fourth-order valence-electron chi connectivity index (χ4n) is 5.20. The molecule has 3 atom stereocenters. The van der Waals surface area contributed by atoms with E-state index in [-0.39, 0.29) is 25.4 Å². The Labute approximate surface area is 201 Å². The molecule has 34 heavy (non-hydrogen) atoms. The Balaban J connectivity index is 1.53. The minimum absolute atomic E-state index is 0.0425. The molecule has 1 N–H and O–H groups in total. The summed E-state index contributed by atoms with van der Waals surface area (Å²) in [5.74, 6) is 1.51. The van der Waals surface area contributed by atoms with Crippen molar-refractivity contribution in [1.82, 2.24) is 14.6 Å². The molecule has 1 aliphatic carbocycles. The first-order chi connectivity index (χ1) is 16.2. The van der Waals surface area contributed by atoms with Gasteiger partial charge in [0.2, 0.25) is 15.9 Å². The lowest BCUT2D eigenvalue weighted by Crippen LogP contribution is -2.50. The standard InChI is InChI=1S/C23H35N3O7S/c1-15-11-20(25-34(3,28)29)21-14-33-17-7-5-16(6-8-17)19-12-18(30-2)13-22(24-19)31-9-4-10-32-23(27)26(15)21/h12-13,15-17,20-21,25H,4-11,14H2,1-3H3/t15-,16?,17?,20+,21+/m1/s1. The van der Waals surface area contributed by atoms with Gasteiger partial charge >= 0.3 is 6.09 Å². The summed E-state index contributed by atoms with van der Waals surface area (Å²) in [4.78, 5) is 19.3. The number of sulfonamides is 1. The summed E-state index contributed by atoms with van der Waals surface area (Å²) < 4.78 is 49.6. The van der Waals surface area contributed by atoms with Gasteiger partial charge < -0.3 is 18.9 Å². The first-order valence-corrected chi connectivity index (χ1v) is 13.9. The molecule has 4 aliphatic rings. The van der Waals surface area contributed by atoms with Crippen LogP contribution in [0.5, 0.6) is 11.6 Å². The number of amides is 1. The number of methoxy groups -OCH3 is 1. The van der Waals surface area contributed by atoms with Crippen LogP contribution in [-0.2, 0) is 19.5 Å². The molecule has 5 rings (SSSR count). The van der Waals surface area contributed by atoms with Crippen LogP contribution < -0.4 is 14.2 Å². The second-order valence-electron chi connectivity index (χ2n) is 9.45. The molecule has 1 amide bonds. The summed E-state index contributed by atoms with van der Waals surface area (Å²) in [5, 5.41) is 0. The number of nitrogens with zero attached hydrogens (tertiary/aromatic N) is 2. The van der Waals surface area contributed by atoms with Gasteiger partial charge in [-0.15, -0.1) is 0 Å². The van der Waals surface area contributed by atoms with E-state index in [9.17, 15) is 13.2 Å². The molecule has 1 aromatic rings. The third-order valence-electron chi connectivity index (χ3n) is 6.86. The van der Waals surface area contributed by atoms with Crippen LogP contribution in [0.2, 0.25) is 0 Å². The van der Waals surface area contributed by atoms with Gasteiger partial charge in [0.05, 0.1) is 51.0 Å². The largest absolute Gasteiger partial charge is 0.496 e. The topological polar surface area (TPSA) is 116 Å². The van der Waals surface area contributed by atoms with Crippen LogP contribution in [0, 0.1) is 0 Å². The molecule has 190 valence electrons. The molecule has 0 spiro atoms. The molecule has 1 saturated carbocycles. The van der Waals surface area contributed by atoms with Crippen LogP contribution in [-0.4, -0.2) is 81.8 Å². The van der Waals surface area contributed by atoms with Gasteiger partial charge in [-0.3, -0.25) is 4.90 Å².